The molecule has 0 aromatic carbocycles. The molecule has 8 heteroatoms. The Bertz CT molecular complexity index is 858. The number of furan rings is 1. The minimum Gasteiger partial charge on any atom is -0.465 e. The van der Waals surface area contributed by atoms with Crippen molar-refractivity contribution in [2.75, 3.05) is 19.6 Å². The van der Waals surface area contributed by atoms with Crippen molar-refractivity contribution < 1.29 is 9.21 Å². The summed E-state index contributed by atoms with van der Waals surface area (Å²) in [4.78, 5) is 37.2. The van der Waals surface area contributed by atoms with Gasteiger partial charge in [-0.15, -0.1) is 0 Å². The summed E-state index contributed by atoms with van der Waals surface area (Å²) in [5, 5.41) is 7.28. The van der Waals surface area contributed by atoms with Crippen molar-refractivity contribution in [2.45, 2.75) is 32.7 Å². The van der Waals surface area contributed by atoms with Crippen molar-refractivity contribution in [1.82, 2.24) is 20.4 Å². The van der Waals surface area contributed by atoms with E-state index in [4.69, 9.17) is 4.42 Å². The van der Waals surface area contributed by atoms with Crippen LogP contribution in [0.5, 0.6) is 0 Å². The number of H-pyrrole nitrogens is 2. The molecule has 8 nitrogen and oxygen atoms in total. The number of carbonyl (C=O) groups excluding carboxylic acids is 1. The van der Waals surface area contributed by atoms with Gasteiger partial charge in [-0.25, -0.2) is 0 Å². The number of aromatic nitrogens is 2. The molecule has 3 heterocycles. The van der Waals surface area contributed by atoms with Crippen molar-refractivity contribution in [2.24, 2.45) is 5.92 Å². The van der Waals surface area contributed by atoms with Crippen molar-refractivity contribution in [1.29, 1.82) is 0 Å². The van der Waals surface area contributed by atoms with Crippen LogP contribution in [-0.2, 0) is 17.8 Å². The quantitative estimate of drug-likeness (QED) is 0.696. The monoisotopic (exact) mass is 360 g/mol. The van der Waals surface area contributed by atoms with Crippen LogP contribution < -0.4 is 16.4 Å². The maximum absolute atomic E-state index is 12.0. The number of nitrogens with zero attached hydrogens (tertiary/aromatic N) is 1. The van der Waals surface area contributed by atoms with Crippen molar-refractivity contribution >= 4 is 5.91 Å². The second-order valence-corrected chi connectivity index (χ2v) is 6.83. The SMILES string of the molecule is Cc1ccc(CN2CCC(CNC(=O)Cc3cc(=O)[nH][nH]c3=O)CC2)o1. The topological polar surface area (TPSA) is 111 Å². The molecule has 2 aromatic rings. The van der Waals surface area contributed by atoms with Crippen molar-refractivity contribution in [3.05, 3.63) is 56.0 Å². The summed E-state index contributed by atoms with van der Waals surface area (Å²) < 4.78 is 5.62. The molecule has 26 heavy (non-hydrogen) atoms. The zero-order valence-corrected chi connectivity index (χ0v) is 14.8. The molecule has 0 spiro atoms. The second kappa shape index (κ2) is 8.18. The first-order chi connectivity index (χ1) is 12.5. The van der Waals surface area contributed by atoms with Gasteiger partial charge in [-0.2, -0.15) is 0 Å². The van der Waals surface area contributed by atoms with E-state index in [9.17, 15) is 14.4 Å². The molecular weight excluding hydrogens is 336 g/mol. The number of carbonyl (C=O) groups is 1. The number of hydrogen-bond donors (Lipinski definition) is 3. The number of rotatable bonds is 6. The first-order valence-electron chi connectivity index (χ1n) is 8.85. The Hall–Kier alpha value is -2.61. The lowest BCUT2D eigenvalue weighted by atomic mass is 9.96. The Morgan fingerprint density at radius 1 is 1.27 bits per heavy atom. The highest BCUT2D eigenvalue weighted by Crippen LogP contribution is 2.19. The Labute approximate surface area is 150 Å². The van der Waals surface area contributed by atoms with Gasteiger partial charge in [0.25, 0.3) is 11.1 Å². The molecule has 3 rings (SSSR count). The van der Waals surface area contributed by atoms with Crippen LogP contribution >= 0.6 is 0 Å². The van der Waals surface area contributed by atoms with E-state index < -0.39 is 11.1 Å². The molecule has 1 fully saturated rings. The van der Waals surface area contributed by atoms with Gasteiger partial charge in [0, 0.05) is 18.2 Å². The number of amides is 1. The zero-order chi connectivity index (χ0) is 18.5. The Balaban J connectivity index is 1.40. The van der Waals surface area contributed by atoms with E-state index in [1.807, 2.05) is 19.1 Å². The van der Waals surface area contributed by atoms with Gasteiger partial charge in [0.15, 0.2) is 0 Å². The molecule has 0 saturated carbocycles. The number of aryl methyl sites for hydroxylation is 1. The first kappa shape index (κ1) is 18.2. The predicted octanol–water partition coefficient (Wildman–Crippen LogP) is 0.536. The highest BCUT2D eigenvalue weighted by molar-refractivity contribution is 5.78. The average molecular weight is 360 g/mol. The fourth-order valence-electron chi connectivity index (χ4n) is 3.22. The molecule has 0 atom stereocenters. The van der Waals surface area contributed by atoms with Crippen LogP contribution in [0.25, 0.3) is 0 Å². The van der Waals surface area contributed by atoms with Crippen molar-refractivity contribution in [3.8, 4) is 0 Å². The van der Waals surface area contributed by atoms with E-state index in [0.717, 1.165) is 50.1 Å². The molecule has 2 aromatic heterocycles. The van der Waals surface area contributed by atoms with E-state index in [1.54, 1.807) is 0 Å². The van der Waals surface area contributed by atoms with Crippen molar-refractivity contribution in [3.63, 3.8) is 0 Å². The van der Waals surface area contributed by atoms with Crippen LogP contribution in [0.2, 0.25) is 0 Å². The van der Waals surface area contributed by atoms with Gasteiger partial charge in [0.05, 0.1) is 13.0 Å². The minimum absolute atomic E-state index is 0.0874. The molecule has 1 saturated heterocycles. The van der Waals surface area contributed by atoms with Gasteiger partial charge in [0.2, 0.25) is 5.91 Å². The first-order valence-corrected chi connectivity index (χ1v) is 8.85. The fourth-order valence-corrected chi connectivity index (χ4v) is 3.22. The second-order valence-electron chi connectivity index (χ2n) is 6.83. The predicted molar refractivity (Wildman–Crippen MR) is 95.8 cm³/mol. The number of aromatic amines is 2. The maximum atomic E-state index is 12.0. The molecule has 1 aliphatic heterocycles. The molecule has 140 valence electrons. The number of nitrogens with one attached hydrogen (secondary N) is 3. The van der Waals surface area contributed by atoms with E-state index in [1.165, 1.54) is 0 Å². The molecule has 0 radical (unpaired) electrons. The summed E-state index contributed by atoms with van der Waals surface area (Å²) in [5.74, 6) is 2.09. The third-order valence-corrected chi connectivity index (χ3v) is 4.72. The highest BCUT2D eigenvalue weighted by atomic mass is 16.3. The Morgan fingerprint density at radius 3 is 2.73 bits per heavy atom. The lowest BCUT2D eigenvalue weighted by molar-refractivity contribution is -0.120. The summed E-state index contributed by atoms with van der Waals surface area (Å²) in [7, 11) is 0. The van der Waals surface area contributed by atoms with Gasteiger partial charge < -0.3 is 9.73 Å². The molecule has 1 amide bonds. The summed E-state index contributed by atoms with van der Waals surface area (Å²) in [6.45, 7) is 5.28. The normalized spacial score (nSPS) is 15.9. The average Bonchev–Trinajstić information content (AvgIpc) is 3.02. The summed E-state index contributed by atoms with van der Waals surface area (Å²) in [5.41, 5.74) is -0.692. The molecule has 0 unspecified atom stereocenters. The molecule has 0 aliphatic carbocycles. The van der Waals surface area contributed by atoms with Crippen LogP contribution in [0.15, 0.2) is 32.2 Å². The molecule has 0 bridgehead atoms. The lowest BCUT2D eigenvalue weighted by Gasteiger charge is -2.31. The number of piperidine rings is 1. The van der Waals surface area contributed by atoms with Gasteiger partial charge in [0.1, 0.15) is 11.5 Å². The third kappa shape index (κ3) is 4.95. The summed E-state index contributed by atoms with van der Waals surface area (Å²) in [6, 6.07) is 5.15. The van der Waals surface area contributed by atoms with Gasteiger partial charge in [-0.3, -0.25) is 29.5 Å². The lowest BCUT2D eigenvalue weighted by Crippen LogP contribution is -2.39. The smallest absolute Gasteiger partial charge is 0.266 e. The van der Waals surface area contributed by atoms with E-state index in [2.05, 4.69) is 20.4 Å². The van der Waals surface area contributed by atoms with Crippen LogP contribution in [0.1, 0.15) is 29.9 Å². The summed E-state index contributed by atoms with van der Waals surface area (Å²) in [6.07, 6.45) is 1.92. The maximum Gasteiger partial charge on any atom is 0.266 e. The van der Waals surface area contributed by atoms with Crippen LogP contribution in [0.3, 0.4) is 0 Å². The van der Waals surface area contributed by atoms with E-state index in [-0.39, 0.29) is 17.9 Å². The van der Waals surface area contributed by atoms with Crippen LogP contribution in [0.4, 0.5) is 0 Å². The Morgan fingerprint density at radius 2 is 2.04 bits per heavy atom. The van der Waals surface area contributed by atoms with Gasteiger partial charge >= 0.3 is 0 Å². The molecular formula is C18H24N4O4. The largest absolute Gasteiger partial charge is 0.465 e. The summed E-state index contributed by atoms with van der Waals surface area (Å²) >= 11 is 0. The van der Waals surface area contributed by atoms with Crippen LogP contribution in [0, 0.1) is 12.8 Å². The Kier molecular flexibility index (Phi) is 5.72. The highest BCUT2D eigenvalue weighted by Gasteiger charge is 2.20. The zero-order valence-electron chi connectivity index (χ0n) is 14.8. The van der Waals surface area contributed by atoms with Gasteiger partial charge in [-0.1, -0.05) is 0 Å². The van der Waals surface area contributed by atoms with Crippen LogP contribution in [-0.4, -0.2) is 40.6 Å². The van der Waals surface area contributed by atoms with E-state index in [0.29, 0.717) is 12.5 Å². The standard InChI is InChI=1S/C18H24N4O4/c1-12-2-3-15(26-12)11-22-6-4-13(5-7-22)10-19-16(23)8-14-9-17(24)20-21-18(14)25/h2-3,9,13H,4-8,10-11H2,1H3,(H,19,23)(H,20,24)(H,21,25). The molecule has 3 N–H and O–H groups in total. The third-order valence-electron chi connectivity index (χ3n) is 4.72. The minimum atomic E-state index is -0.443. The number of likely N-dealkylation sites (tertiary alicyclic amines) is 1. The number of hydrogen-bond acceptors (Lipinski definition) is 5. The molecule has 1 aliphatic rings. The van der Waals surface area contributed by atoms with E-state index >= 15 is 0 Å². The van der Waals surface area contributed by atoms with Gasteiger partial charge in [-0.05, 0) is 50.9 Å². The fraction of sp³-hybridized carbons (Fsp3) is 0.500.